The Hall–Kier alpha value is -1.69. The summed E-state index contributed by atoms with van der Waals surface area (Å²) in [6.07, 6.45) is -3.57. The molecule has 0 fully saturated rings. The van der Waals surface area contributed by atoms with Crippen LogP contribution in [0.5, 0.6) is 0 Å². The zero-order chi connectivity index (χ0) is 13.3. The van der Waals surface area contributed by atoms with Crippen molar-refractivity contribution in [3.8, 4) is 11.3 Å². The van der Waals surface area contributed by atoms with E-state index in [1.165, 1.54) is 6.07 Å². The quantitative estimate of drug-likeness (QED) is 0.582. The van der Waals surface area contributed by atoms with Crippen LogP contribution in [0.3, 0.4) is 0 Å². The van der Waals surface area contributed by atoms with Crippen LogP contribution in [0.4, 0.5) is 17.6 Å². The Morgan fingerprint density at radius 3 is 2.33 bits per heavy atom. The van der Waals surface area contributed by atoms with Crippen molar-refractivity contribution < 1.29 is 17.6 Å². The summed E-state index contributed by atoms with van der Waals surface area (Å²) in [6.45, 7) is 0. The van der Waals surface area contributed by atoms with Crippen molar-refractivity contribution in [2.75, 3.05) is 0 Å². The van der Waals surface area contributed by atoms with Gasteiger partial charge in [-0.2, -0.15) is 13.2 Å². The molecule has 0 aliphatic rings. The number of rotatable bonds is 1. The summed E-state index contributed by atoms with van der Waals surface area (Å²) in [5.41, 5.74) is -0.862. The van der Waals surface area contributed by atoms with Gasteiger partial charge >= 0.3 is 6.18 Å². The Labute approximate surface area is 104 Å². The molecule has 0 N–H and O–H groups in total. The topological polar surface area (TPSA) is 25.8 Å². The minimum absolute atomic E-state index is 0.125. The van der Waals surface area contributed by atoms with Crippen LogP contribution in [-0.4, -0.2) is 9.97 Å². The van der Waals surface area contributed by atoms with Gasteiger partial charge < -0.3 is 0 Å². The summed E-state index contributed by atoms with van der Waals surface area (Å²) in [4.78, 5) is 7.42. The maximum atomic E-state index is 13.3. The van der Waals surface area contributed by atoms with Gasteiger partial charge in [0.2, 0.25) is 0 Å². The van der Waals surface area contributed by atoms with Gasteiger partial charge in [-0.1, -0.05) is 17.7 Å². The number of hydrogen-bond donors (Lipinski definition) is 0. The van der Waals surface area contributed by atoms with E-state index >= 15 is 0 Å². The van der Waals surface area contributed by atoms with Gasteiger partial charge in [-0.3, -0.25) is 0 Å². The molecule has 1 aromatic carbocycles. The highest BCUT2D eigenvalue weighted by atomic mass is 35.5. The maximum Gasteiger partial charge on any atom is 0.419 e. The molecule has 0 aliphatic carbocycles. The second-order valence-corrected chi connectivity index (χ2v) is 3.81. The second-order valence-electron chi connectivity index (χ2n) is 3.42. The van der Waals surface area contributed by atoms with Gasteiger partial charge in [0.1, 0.15) is 17.3 Å². The van der Waals surface area contributed by atoms with E-state index in [4.69, 9.17) is 11.6 Å². The van der Waals surface area contributed by atoms with Crippen LogP contribution in [0, 0.1) is 5.82 Å². The minimum Gasteiger partial charge on any atom is -0.236 e. The smallest absolute Gasteiger partial charge is 0.236 e. The van der Waals surface area contributed by atoms with Crippen molar-refractivity contribution in [1.29, 1.82) is 0 Å². The van der Waals surface area contributed by atoms with Gasteiger partial charge in [0.25, 0.3) is 0 Å². The van der Waals surface area contributed by atoms with Crippen LogP contribution in [0.25, 0.3) is 11.3 Å². The third kappa shape index (κ3) is 2.59. The van der Waals surface area contributed by atoms with Gasteiger partial charge in [0.05, 0.1) is 11.3 Å². The van der Waals surface area contributed by atoms with Crippen LogP contribution >= 0.6 is 11.6 Å². The normalized spacial score (nSPS) is 11.6. The third-order valence-corrected chi connectivity index (χ3v) is 2.41. The van der Waals surface area contributed by atoms with Crippen LogP contribution in [-0.2, 0) is 6.18 Å². The first-order chi connectivity index (χ1) is 8.38. The lowest BCUT2D eigenvalue weighted by Crippen LogP contribution is -2.07. The fourth-order valence-corrected chi connectivity index (χ4v) is 1.54. The zero-order valence-corrected chi connectivity index (χ0v) is 9.43. The van der Waals surface area contributed by atoms with Crippen molar-refractivity contribution in [3.05, 3.63) is 47.1 Å². The highest BCUT2D eigenvalue weighted by Gasteiger charge is 2.33. The fraction of sp³-hybridized carbons (Fsp3) is 0.0909. The Bertz CT molecular complexity index is 583. The van der Waals surface area contributed by atoms with Crippen molar-refractivity contribution in [2.45, 2.75) is 6.18 Å². The van der Waals surface area contributed by atoms with Gasteiger partial charge in [0.15, 0.2) is 0 Å². The predicted molar refractivity (Wildman–Crippen MR) is 57.4 cm³/mol. The monoisotopic (exact) mass is 276 g/mol. The van der Waals surface area contributed by atoms with Crippen molar-refractivity contribution in [2.24, 2.45) is 0 Å². The summed E-state index contributed by atoms with van der Waals surface area (Å²) in [5.74, 6) is -1.35. The number of benzene rings is 1. The lowest BCUT2D eigenvalue weighted by molar-refractivity contribution is -0.139. The van der Waals surface area contributed by atoms with E-state index in [0.717, 1.165) is 18.5 Å². The number of hydrogen-bond acceptors (Lipinski definition) is 2. The molecule has 7 heteroatoms. The Balaban J connectivity index is 2.47. The fourth-order valence-electron chi connectivity index (χ4n) is 1.40. The first kappa shape index (κ1) is 12.8. The molecule has 0 unspecified atom stereocenters. The highest BCUT2D eigenvalue weighted by Crippen LogP contribution is 2.33. The molecule has 1 aromatic heterocycles. The van der Waals surface area contributed by atoms with Crippen molar-refractivity contribution in [3.63, 3.8) is 0 Å². The molecule has 0 radical (unpaired) electrons. The van der Waals surface area contributed by atoms with E-state index in [0.29, 0.717) is 6.07 Å². The molecule has 2 aromatic rings. The summed E-state index contributed by atoms with van der Waals surface area (Å²) in [6, 6.07) is 3.90. The molecule has 0 atom stereocenters. The summed E-state index contributed by atoms with van der Waals surface area (Å²) >= 11 is 5.61. The number of aromatic nitrogens is 2. The average molecular weight is 277 g/mol. The molecule has 0 aliphatic heterocycles. The van der Waals surface area contributed by atoms with Crippen molar-refractivity contribution in [1.82, 2.24) is 9.97 Å². The van der Waals surface area contributed by atoms with E-state index in [-0.39, 0.29) is 16.4 Å². The van der Waals surface area contributed by atoms with Crippen LogP contribution in [0.1, 0.15) is 5.56 Å². The lowest BCUT2D eigenvalue weighted by atomic mass is 10.1. The molecule has 0 spiro atoms. The standard InChI is InChI=1S/C11H5ClF4N2/c12-10-4-9(17-5-18-10)6-1-2-7(8(13)3-6)11(14,15)16/h1-5H. The SMILES string of the molecule is Fc1cc(-c2cc(Cl)ncn2)ccc1C(F)(F)F. The molecule has 18 heavy (non-hydrogen) atoms. The Kier molecular flexibility index (Phi) is 3.21. The van der Waals surface area contributed by atoms with Crippen LogP contribution < -0.4 is 0 Å². The van der Waals surface area contributed by atoms with E-state index in [9.17, 15) is 17.6 Å². The Morgan fingerprint density at radius 1 is 1.06 bits per heavy atom. The number of halogens is 5. The molecule has 0 saturated heterocycles. The molecular weight excluding hydrogens is 272 g/mol. The van der Waals surface area contributed by atoms with E-state index in [2.05, 4.69) is 9.97 Å². The molecule has 0 bridgehead atoms. The molecule has 2 rings (SSSR count). The van der Waals surface area contributed by atoms with Gasteiger partial charge in [-0.15, -0.1) is 0 Å². The van der Waals surface area contributed by atoms with Crippen molar-refractivity contribution >= 4 is 11.6 Å². The van der Waals surface area contributed by atoms with Gasteiger partial charge in [-0.05, 0) is 12.1 Å². The molecule has 0 amide bonds. The summed E-state index contributed by atoms with van der Waals surface area (Å²) in [5, 5.41) is 0.125. The number of nitrogens with zero attached hydrogens (tertiary/aromatic N) is 2. The molecule has 94 valence electrons. The first-order valence-corrected chi connectivity index (χ1v) is 5.10. The highest BCUT2D eigenvalue weighted by molar-refractivity contribution is 6.29. The van der Waals surface area contributed by atoms with E-state index in [1.54, 1.807) is 0 Å². The van der Waals surface area contributed by atoms with Gasteiger partial charge in [-0.25, -0.2) is 14.4 Å². The Morgan fingerprint density at radius 2 is 1.78 bits per heavy atom. The summed E-state index contributed by atoms with van der Waals surface area (Å²) < 4.78 is 50.4. The van der Waals surface area contributed by atoms with E-state index < -0.39 is 17.6 Å². The number of alkyl halides is 3. The summed E-state index contributed by atoms with van der Waals surface area (Å²) in [7, 11) is 0. The van der Waals surface area contributed by atoms with E-state index in [1.807, 2.05) is 0 Å². The lowest BCUT2D eigenvalue weighted by Gasteiger charge is -2.09. The largest absolute Gasteiger partial charge is 0.419 e. The predicted octanol–water partition coefficient (Wildman–Crippen LogP) is 3.95. The van der Waals surface area contributed by atoms with Gasteiger partial charge in [0, 0.05) is 11.6 Å². The minimum atomic E-state index is -4.72. The van der Waals surface area contributed by atoms with Crippen LogP contribution in [0.15, 0.2) is 30.6 Å². The zero-order valence-electron chi connectivity index (χ0n) is 8.67. The second kappa shape index (κ2) is 4.53. The molecule has 1 heterocycles. The molecule has 0 saturated carbocycles. The first-order valence-electron chi connectivity index (χ1n) is 4.72. The molecule has 2 nitrogen and oxygen atoms in total. The molecular formula is C11H5ClF4N2. The maximum absolute atomic E-state index is 13.3. The van der Waals surface area contributed by atoms with Crippen LogP contribution in [0.2, 0.25) is 5.15 Å². The average Bonchev–Trinajstić information content (AvgIpc) is 2.27. The third-order valence-electron chi connectivity index (χ3n) is 2.20.